The summed E-state index contributed by atoms with van der Waals surface area (Å²) in [6.45, 7) is 1.19. The normalized spacial score (nSPS) is 16.0. The largest absolute Gasteiger partial charge is 0.448 e. The maximum Gasteiger partial charge on any atom is 0.407 e. The van der Waals surface area contributed by atoms with Crippen molar-refractivity contribution >= 4 is 16.2 Å². The summed E-state index contributed by atoms with van der Waals surface area (Å²) < 4.78 is 30.3. The van der Waals surface area contributed by atoms with Crippen molar-refractivity contribution in [1.29, 1.82) is 0 Å². The zero-order valence-electron chi connectivity index (χ0n) is 5.90. The Bertz CT molecular complexity index is 205. The minimum atomic E-state index is -3.67. The number of hydrogen-bond acceptors (Lipinski definition) is 4. The van der Waals surface area contributed by atoms with Gasteiger partial charge >= 0.3 is 6.09 Å². The second kappa shape index (κ2) is 4.14. The zero-order valence-corrected chi connectivity index (χ0v) is 6.72. The SMILES string of the molecule is CS(=O)(=O)O.O=C1NCCO1. The number of carbonyl (C=O) groups is 1. The number of hydrogen-bond donors (Lipinski definition) is 2. The topological polar surface area (TPSA) is 92.7 Å². The van der Waals surface area contributed by atoms with Crippen LogP contribution >= 0.6 is 0 Å². The van der Waals surface area contributed by atoms with E-state index in [1.807, 2.05) is 0 Å². The Labute approximate surface area is 64.3 Å². The van der Waals surface area contributed by atoms with Crippen molar-refractivity contribution in [2.45, 2.75) is 0 Å². The van der Waals surface area contributed by atoms with Gasteiger partial charge in [0.05, 0.1) is 12.8 Å². The molecule has 0 atom stereocenters. The van der Waals surface area contributed by atoms with Crippen LogP contribution in [-0.4, -0.2) is 38.5 Å². The van der Waals surface area contributed by atoms with Gasteiger partial charge < -0.3 is 10.1 Å². The van der Waals surface area contributed by atoms with E-state index >= 15 is 0 Å². The number of rotatable bonds is 0. The van der Waals surface area contributed by atoms with Gasteiger partial charge in [-0.15, -0.1) is 0 Å². The molecule has 1 fully saturated rings. The number of cyclic esters (lactones) is 1. The van der Waals surface area contributed by atoms with Gasteiger partial charge in [0.1, 0.15) is 6.61 Å². The highest BCUT2D eigenvalue weighted by atomic mass is 32.2. The third-order valence-corrected chi connectivity index (χ3v) is 0.605. The number of ether oxygens (including phenoxy) is 1. The van der Waals surface area contributed by atoms with Crippen LogP contribution < -0.4 is 5.32 Å². The summed E-state index contributed by atoms with van der Waals surface area (Å²) in [5, 5.41) is 2.46. The first-order chi connectivity index (χ1) is 4.89. The fourth-order valence-electron chi connectivity index (χ4n) is 0.348. The van der Waals surface area contributed by atoms with E-state index in [4.69, 9.17) is 4.55 Å². The van der Waals surface area contributed by atoms with E-state index in [0.717, 1.165) is 0 Å². The van der Waals surface area contributed by atoms with Gasteiger partial charge in [0.25, 0.3) is 10.1 Å². The second-order valence-electron chi connectivity index (χ2n) is 1.80. The van der Waals surface area contributed by atoms with Crippen LogP contribution in [0.25, 0.3) is 0 Å². The van der Waals surface area contributed by atoms with Crippen LogP contribution in [0.15, 0.2) is 0 Å². The molecule has 0 unspecified atom stereocenters. The van der Waals surface area contributed by atoms with E-state index in [9.17, 15) is 13.2 Å². The maximum absolute atomic E-state index is 9.91. The molecule has 0 radical (unpaired) electrons. The predicted octanol–water partition coefficient (Wildman–Crippen LogP) is -0.770. The molecule has 11 heavy (non-hydrogen) atoms. The molecule has 0 aromatic carbocycles. The number of nitrogens with one attached hydrogen (secondary N) is 1. The summed E-state index contributed by atoms with van der Waals surface area (Å²) in [5.41, 5.74) is 0. The highest BCUT2D eigenvalue weighted by molar-refractivity contribution is 7.85. The summed E-state index contributed by atoms with van der Waals surface area (Å²) in [6.07, 6.45) is 0.419. The molecule has 0 bridgehead atoms. The van der Waals surface area contributed by atoms with Crippen LogP contribution in [0, 0.1) is 0 Å². The summed E-state index contributed by atoms with van der Waals surface area (Å²) in [7, 11) is -3.67. The lowest BCUT2D eigenvalue weighted by Gasteiger charge is -1.80. The van der Waals surface area contributed by atoms with E-state index < -0.39 is 10.1 Å². The molecule has 0 aliphatic carbocycles. The fraction of sp³-hybridized carbons (Fsp3) is 0.750. The van der Waals surface area contributed by atoms with Crippen LogP contribution in [0.5, 0.6) is 0 Å². The van der Waals surface area contributed by atoms with Gasteiger partial charge in [-0.2, -0.15) is 8.42 Å². The molecule has 1 aliphatic rings. The molecule has 0 aromatic rings. The number of alkyl carbamates (subject to hydrolysis) is 1. The van der Waals surface area contributed by atoms with Crippen molar-refractivity contribution in [1.82, 2.24) is 5.32 Å². The van der Waals surface area contributed by atoms with Crippen molar-refractivity contribution in [2.24, 2.45) is 0 Å². The first-order valence-electron chi connectivity index (χ1n) is 2.72. The summed E-state index contributed by atoms with van der Waals surface area (Å²) in [4.78, 5) is 9.91. The summed E-state index contributed by atoms with van der Waals surface area (Å²) in [6, 6.07) is 0. The molecule has 0 saturated carbocycles. The third kappa shape index (κ3) is 12.4. The van der Waals surface area contributed by atoms with E-state index in [2.05, 4.69) is 10.1 Å². The van der Waals surface area contributed by atoms with Crippen molar-refractivity contribution in [3.63, 3.8) is 0 Å². The Balaban J connectivity index is 0.000000187. The molecule has 66 valence electrons. The molecule has 7 heteroatoms. The lowest BCUT2D eigenvalue weighted by Crippen LogP contribution is -2.11. The van der Waals surface area contributed by atoms with Gasteiger partial charge in [-0.25, -0.2) is 4.79 Å². The Kier molecular flexibility index (Phi) is 3.83. The van der Waals surface area contributed by atoms with Crippen molar-refractivity contribution < 1.29 is 22.5 Å². The van der Waals surface area contributed by atoms with Crippen LogP contribution in [0.2, 0.25) is 0 Å². The van der Waals surface area contributed by atoms with Gasteiger partial charge in [-0.1, -0.05) is 0 Å². The highest BCUT2D eigenvalue weighted by Gasteiger charge is 2.06. The van der Waals surface area contributed by atoms with Crippen molar-refractivity contribution in [2.75, 3.05) is 19.4 Å². The van der Waals surface area contributed by atoms with E-state index in [0.29, 0.717) is 19.4 Å². The van der Waals surface area contributed by atoms with Gasteiger partial charge in [0.2, 0.25) is 0 Å². The molecule has 1 amide bonds. The Morgan fingerprint density at radius 2 is 2.09 bits per heavy atom. The zero-order chi connectivity index (χ0) is 8.91. The van der Waals surface area contributed by atoms with E-state index in [1.165, 1.54) is 0 Å². The van der Waals surface area contributed by atoms with Gasteiger partial charge in [-0.3, -0.25) is 4.55 Å². The third-order valence-electron chi connectivity index (χ3n) is 0.605. The van der Waals surface area contributed by atoms with Gasteiger partial charge in [0.15, 0.2) is 0 Å². The Hall–Kier alpha value is -0.820. The molecular formula is C4H9NO5S. The van der Waals surface area contributed by atoms with Gasteiger partial charge in [-0.05, 0) is 0 Å². The molecule has 2 N–H and O–H groups in total. The lowest BCUT2D eigenvalue weighted by molar-refractivity contribution is 0.178. The minimum absolute atomic E-state index is 0.296. The first-order valence-corrected chi connectivity index (χ1v) is 4.57. The van der Waals surface area contributed by atoms with E-state index in [1.54, 1.807) is 0 Å². The lowest BCUT2D eigenvalue weighted by atomic mass is 10.7. The average Bonchev–Trinajstić information content (AvgIpc) is 2.12. The predicted molar refractivity (Wildman–Crippen MR) is 36.8 cm³/mol. The first kappa shape index (κ1) is 10.2. The number of carbonyl (C=O) groups excluding carboxylic acids is 1. The monoisotopic (exact) mass is 183 g/mol. The smallest absolute Gasteiger partial charge is 0.407 e. The van der Waals surface area contributed by atoms with E-state index in [-0.39, 0.29) is 6.09 Å². The standard InChI is InChI=1S/C3H5NO2.CH4O3S/c5-3-4-1-2-6-3;1-5(2,3)4/h1-2H2,(H,4,5);1H3,(H,2,3,4). The molecular weight excluding hydrogens is 174 g/mol. The molecule has 0 aromatic heterocycles. The summed E-state index contributed by atoms with van der Waals surface area (Å²) >= 11 is 0. The molecule has 6 nitrogen and oxygen atoms in total. The van der Waals surface area contributed by atoms with Crippen LogP contribution in [0.3, 0.4) is 0 Å². The van der Waals surface area contributed by atoms with Crippen molar-refractivity contribution in [3.05, 3.63) is 0 Å². The minimum Gasteiger partial charge on any atom is -0.448 e. The van der Waals surface area contributed by atoms with Gasteiger partial charge in [0, 0.05) is 0 Å². The highest BCUT2D eigenvalue weighted by Crippen LogP contribution is 1.82. The number of amides is 1. The molecule has 1 heterocycles. The van der Waals surface area contributed by atoms with Crippen LogP contribution in [0.1, 0.15) is 0 Å². The summed E-state index contributed by atoms with van der Waals surface area (Å²) in [5.74, 6) is 0. The molecule has 1 rings (SSSR count). The van der Waals surface area contributed by atoms with Crippen LogP contribution in [-0.2, 0) is 14.9 Å². The molecule has 1 saturated heterocycles. The molecule has 1 aliphatic heterocycles. The fourth-order valence-corrected chi connectivity index (χ4v) is 0.348. The van der Waals surface area contributed by atoms with Crippen molar-refractivity contribution in [3.8, 4) is 0 Å². The average molecular weight is 183 g/mol. The Morgan fingerprint density at radius 3 is 2.18 bits per heavy atom. The maximum atomic E-state index is 9.91. The van der Waals surface area contributed by atoms with Crippen LogP contribution in [0.4, 0.5) is 4.79 Å². The molecule has 0 spiro atoms. The Morgan fingerprint density at radius 1 is 1.64 bits per heavy atom. The second-order valence-corrected chi connectivity index (χ2v) is 3.26. The quantitative estimate of drug-likeness (QED) is 0.481.